The lowest BCUT2D eigenvalue weighted by atomic mass is 10.2. The molecule has 100 valence electrons. The molecular formula is C12H17ClN2O2S. The summed E-state index contributed by atoms with van der Waals surface area (Å²) in [4.78, 5) is 15.1. The third-order valence-corrected chi connectivity index (χ3v) is 4.18. The van der Waals surface area contributed by atoms with Crippen LogP contribution in [0.2, 0.25) is 5.02 Å². The van der Waals surface area contributed by atoms with E-state index in [0.717, 1.165) is 9.90 Å². The van der Waals surface area contributed by atoms with Crippen LogP contribution in [-0.4, -0.2) is 43.2 Å². The maximum absolute atomic E-state index is 12.1. The van der Waals surface area contributed by atoms with Crippen molar-refractivity contribution >= 4 is 28.8 Å². The lowest BCUT2D eigenvalue weighted by Crippen LogP contribution is -2.48. The van der Waals surface area contributed by atoms with E-state index in [0.29, 0.717) is 32.8 Å². The molecule has 1 amide bonds. The van der Waals surface area contributed by atoms with E-state index in [1.54, 1.807) is 11.3 Å². The van der Waals surface area contributed by atoms with Gasteiger partial charge in [0.2, 0.25) is 5.91 Å². The third-order valence-electron chi connectivity index (χ3n) is 2.90. The second-order valence-corrected chi connectivity index (χ2v) is 5.70. The summed E-state index contributed by atoms with van der Waals surface area (Å²) in [6, 6.07) is 1.74. The normalized spacial score (nSPS) is 17.8. The first-order valence-corrected chi connectivity index (χ1v) is 7.25. The minimum absolute atomic E-state index is 0.140. The van der Waals surface area contributed by atoms with Gasteiger partial charge < -0.3 is 15.0 Å². The molecule has 2 heterocycles. The van der Waals surface area contributed by atoms with Gasteiger partial charge >= 0.3 is 0 Å². The first kappa shape index (κ1) is 13.8. The molecule has 2 rings (SSSR count). The number of carbonyl (C=O) groups is 1. The van der Waals surface area contributed by atoms with Gasteiger partial charge in [-0.2, -0.15) is 0 Å². The molecule has 1 aliphatic rings. The smallest absolute Gasteiger partial charge is 0.239 e. The van der Waals surface area contributed by atoms with Gasteiger partial charge in [0, 0.05) is 29.9 Å². The summed E-state index contributed by atoms with van der Waals surface area (Å²) in [5.41, 5.74) is 0. The van der Waals surface area contributed by atoms with Gasteiger partial charge in [-0.1, -0.05) is 11.6 Å². The van der Waals surface area contributed by atoms with Crippen molar-refractivity contribution in [3.05, 3.63) is 21.3 Å². The molecule has 1 N–H and O–H groups in total. The summed E-state index contributed by atoms with van der Waals surface area (Å²) < 4.78 is 5.23. The fourth-order valence-corrected chi connectivity index (χ4v) is 2.87. The highest BCUT2D eigenvalue weighted by Gasteiger charge is 2.21. The predicted octanol–water partition coefficient (Wildman–Crippen LogP) is 1.74. The minimum Gasteiger partial charge on any atom is -0.378 e. The quantitative estimate of drug-likeness (QED) is 0.918. The number of nitrogens with one attached hydrogen (secondary N) is 1. The van der Waals surface area contributed by atoms with Crippen LogP contribution in [-0.2, 0) is 16.1 Å². The average molecular weight is 289 g/mol. The second-order valence-electron chi connectivity index (χ2n) is 4.27. The van der Waals surface area contributed by atoms with Gasteiger partial charge in [0.25, 0.3) is 0 Å². The fourth-order valence-electron chi connectivity index (χ4n) is 1.85. The molecule has 1 atom stereocenters. The lowest BCUT2D eigenvalue weighted by molar-refractivity contribution is -0.137. The highest BCUT2D eigenvalue weighted by molar-refractivity contribution is 7.10. The standard InChI is InChI=1S/C12H17ClN2O2S/c1-9(12(16)15-2-4-17-5-3-15)14-7-11-6-10(13)8-18-11/h6,8-9,14H,2-5,7H2,1H3. The number of amides is 1. The summed E-state index contributed by atoms with van der Waals surface area (Å²) in [6.07, 6.45) is 0. The molecule has 0 aromatic carbocycles. The lowest BCUT2D eigenvalue weighted by Gasteiger charge is -2.29. The summed E-state index contributed by atoms with van der Waals surface area (Å²) in [7, 11) is 0. The molecule has 1 unspecified atom stereocenters. The molecule has 4 nitrogen and oxygen atoms in total. The first-order valence-electron chi connectivity index (χ1n) is 5.99. The molecule has 1 saturated heterocycles. The molecule has 18 heavy (non-hydrogen) atoms. The van der Waals surface area contributed by atoms with Crippen LogP contribution in [0.25, 0.3) is 0 Å². The van der Waals surface area contributed by atoms with Crippen molar-refractivity contribution in [1.82, 2.24) is 10.2 Å². The number of hydrogen-bond donors (Lipinski definition) is 1. The largest absolute Gasteiger partial charge is 0.378 e. The number of ether oxygens (including phenoxy) is 1. The Bertz CT molecular complexity index is 405. The number of carbonyl (C=O) groups excluding carboxylic acids is 1. The molecular weight excluding hydrogens is 272 g/mol. The Hall–Kier alpha value is -0.620. The van der Waals surface area contributed by atoms with Crippen LogP contribution in [0.3, 0.4) is 0 Å². The molecule has 0 saturated carbocycles. The predicted molar refractivity (Wildman–Crippen MR) is 73.0 cm³/mol. The minimum atomic E-state index is -0.177. The van der Waals surface area contributed by atoms with Crippen molar-refractivity contribution in [2.24, 2.45) is 0 Å². The summed E-state index contributed by atoms with van der Waals surface area (Å²) in [5.74, 6) is 0.140. The molecule has 1 fully saturated rings. The van der Waals surface area contributed by atoms with Crippen molar-refractivity contribution < 1.29 is 9.53 Å². The number of nitrogens with zero attached hydrogens (tertiary/aromatic N) is 1. The van der Waals surface area contributed by atoms with Crippen molar-refractivity contribution in [2.75, 3.05) is 26.3 Å². The summed E-state index contributed by atoms with van der Waals surface area (Å²) in [6.45, 7) is 5.23. The zero-order chi connectivity index (χ0) is 13.0. The SMILES string of the molecule is CC(NCc1cc(Cl)cs1)C(=O)N1CCOCC1. The van der Waals surface area contributed by atoms with E-state index < -0.39 is 0 Å². The number of rotatable bonds is 4. The first-order chi connectivity index (χ1) is 8.66. The van der Waals surface area contributed by atoms with Crippen LogP contribution in [0.5, 0.6) is 0 Å². The molecule has 0 spiro atoms. The maximum atomic E-state index is 12.1. The monoisotopic (exact) mass is 288 g/mol. The van der Waals surface area contributed by atoms with Crippen LogP contribution >= 0.6 is 22.9 Å². The van der Waals surface area contributed by atoms with Gasteiger partial charge in [0.05, 0.1) is 24.3 Å². The zero-order valence-electron chi connectivity index (χ0n) is 10.3. The van der Waals surface area contributed by atoms with Crippen molar-refractivity contribution in [1.29, 1.82) is 0 Å². The van der Waals surface area contributed by atoms with Gasteiger partial charge in [-0.15, -0.1) is 11.3 Å². The Balaban J connectivity index is 1.79. The van der Waals surface area contributed by atoms with Crippen LogP contribution < -0.4 is 5.32 Å². The number of morpholine rings is 1. The van der Waals surface area contributed by atoms with E-state index in [1.165, 1.54) is 0 Å². The van der Waals surface area contributed by atoms with Crippen molar-refractivity contribution in [3.63, 3.8) is 0 Å². The molecule has 0 radical (unpaired) electrons. The molecule has 0 aliphatic carbocycles. The maximum Gasteiger partial charge on any atom is 0.239 e. The van der Waals surface area contributed by atoms with E-state index in [-0.39, 0.29) is 11.9 Å². The Morgan fingerprint density at radius 1 is 1.61 bits per heavy atom. The van der Waals surface area contributed by atoms with Crippen LogP contribution in [0.15, 0.2) is 11.4 Å². The Labute approximate surface area is 116 Å². The van der Waals surface area contributed by atoms with Crippen LogP contribution in [0, 0.1) is 0 Å². The molecule has 6 heteroatoms. The van der Waals surface area contributed by atoms with Crippen LogP contribution in [0.1, 0.15) is 11.8 Å². The topological polar surface area (TPSA) is 41.6 Å². The van der Waals surface area contributed by atoms with E-state index in [9.17, 15) is 4.79 Å². The second kappa shape index (κ2) is 6.52. The van der Waals surface area contributed by atoms with Crippen LogP contribution in [0.4, 0.5) is 0 Å². The van der Waals surface area contributed by atoms with E-state index >= 15 is 0 Å². The van der Waals surface area contributed by atoms with Crippen molar-refractivity contribution in [3.8, 4) is 0 Å². The van der Waals surface area contributed by atoms with E-state index in [4.69, 9.17) is 16.3 Å². The average Bonchev–Trinajstić information content (AvgIpc) is 2.82. The summed E-state index contributed by atoms with van der Waals surface area (Å²) >= 11 is 7.45. The third kappa shape index (κ3) is 3.68. The van der Waals surface area contributed by atoms with Gasteiger partial charge in [-0.3, -0.25) is 4.79 Å². The van der Waals surface area contributed by atoms with Gasteiger partial charge in [-0.25, -0.2) is 0 Å². The number of halogens is 1. The molecule has 1 aromatic heterocycles. The van der Waals surface area contributed by atoms with Gasteiger partial charge in [-0.05, 0) is 13.0 Å². The highest BCUT2D eigenvalue weighted by Crippen LogP contribution is 2.18. The fraction of sp³-hybridized carbons (Fsp3) is 0.583. The molecule has 1 aromatic rings. The Morgan fingerprint density at radius 2 is 2.33 bits per heavy atom. The molecule has 1 aliphatic heterocycles. The number of thiophene rings is 1. The zero-order valence-corrected chi connectivity index (χ0v) is 11.9. The summed E-state index contributed by atoms with van der Waals surface area (Å²) in [5, 5.41) is 5.88. The van der Waals surface area contributed by atoms with Crippen molar-refractivity contribution in [2.45, 2.75) is 19.5 Å². The van der Waals surface area contributed by atoms with Gasteiger partial charge in [0.1, 0.15) is 0 Å². The highest BCUT2D eigenvalue weighted by atomic mass is 35.5. The Morgan fingerprint density at radius 3 is 2.94 bits per heavy atom. The molecule has 0 bridgehead atoms. The Kier molecular flexibility index (Phi) is 5.00. The van der Waals surface area contributed by atoms with E-state index in [2.05, 4.69) is 5.32 Å². The van der Waals surface area contributed by atoms with E-state index in [1.807, 2.05) is 23.3 Å². The number of hydrogen-bond acceptors (Lipinski definition) is 4. The van der Waals surface area contributed by atoms with Gasteiger partial charge in [0.15, 0.2) is 0 Å².